The first-order chi connectivity index (χ1) is 9.52. The average Bonchev–Trinajstić information content (AvgIpc) is 2.42. The predicted octanol–water partition coefficient (Wildman–Crippen LogP) is 3.45. The third kappa shape index (κ3) is 2.85. The van der Waals surface area contributed by atoms with Crippen molar-refractivity contribution < 1.29 is 4.92 Å². The van der Waals surface area contributed by atoms with Crippen LogP contribution in [0.25, 0.3) is 11.3 Å². The molecule has 7 heteroatoms. The molecule has 0 saturated carbocycles. The number of hydrogen-bond acceptors (Lipinski definition) is 5. The van der Waals surface area contributed by atoms with Crippen LogP contribution in [-0.2, 0) is 0 Å². The molecular formula is C13H13ClN4O2. The first-order valence-corrected chi connectivity index (χ1v) is 6.42. The maximum absolute atomic E-state index is 11.1. The summed E-state index contributed by atoms with van der Waals surface area (Å²) in [4.78, 5) is 18.7. The maximum Gasteiger partial charge on any atom is 0.313 e. The molecule has 0 bridgehead atoms. The van der Waals surface area contributed by atoms with E-state index in [2.05, 4.69) is 15.3 Å². The van der Waals surface area contributed by atoms with E-state index in [1.54, 1.807) is 18.2 Å². The molecule has 6 nitrogen and oxygen atoms in total. The first kappa shape index (κ1) is 14.2. The second kappa shape index (κ2) is 5.83. The molecule has 1 heterocycles. The van der Waals surface area contributed by atoms with E-state index in [-0.39, 0.29) is 11.4 Å². The van der Waals surface area contributed by atoms with Crippen LogP contribution in [0.4, 0.5) is 11.6 Å². The van der Waals surface area contributed by atoms with Gasteiger partial charge in [-0.15, -0.1) is 0 Å². The average molecular weight is 293 g/mol. The van der Waals surface area contributed by atoms with E-state index in [1.165, 1.54) is 6.20 Å². The van der Waals surface area contributed by atoms with Crippen molar-refractivity contribution in [2.75, 3.05) is 11.9 Å². The van der Waals surface area contributed by atoms with Crippen molar-refractivity contribution in [1.82, 2.24) is 9.97 Å². The Labute approximate surface area is 121 Å². The zero-order chi connectivity index (χ0) is 14.7. The molecule has 20 heavy (non-hydrogen) atoms. The Morgan fingerprint density at radius 2 is 2.20 bits per heavy atom. The highest BCUT2D eigenvalue weighted by atomic mass is 35.5. The largest absolute Gasteiger partial charge is 0.354 e. The van der Waals surface area contributed by atoms with E-state index in [0.717, 1.165) is 5.56 Å². The summed E-state index contributed by atoms with van der Waals surface area (Å²) in [5.74, 6) is 0.352. The fraction of sp³-hybridized carbons (Fsp3) is 0.231. The third-order valence-corrected chi connectivity index (χ3v) is 3.15. The summed E-state index contributed by atoms with van der Waals surface area (Å²) >= 11 is 6.07. The molecule has 0 saturated heterocycles. The van der Waals surface area contributed by atoms with Gasteiger partial charge >= 0.3 is 5.69 Å². The van der Waals surface area contributed by atoms with Gasteiger partial charge in [0.1, 0.15) is 6.20 Å². The number of aryl methyl sites for hydroxylation is 1. The van der Waals surface area contributed by atoms with E-state index < -0.39 is 4.92 Å². The van der Waals surface area contributed by atoms with Crippen LogP contribution >= 0.6 is 11.6 Å². The number of aromatic nitrogens is 2. The Morgan fingerprint density at radius 3 is 2.80 bits per heavy atom. The van der Waals surface area contributed by atoms with Gasteiger partial charge in [0.05, 0.1) is 4.92 Å². The zero-order valence-electron chi connectivity index (χ0n) is 11.1. The van der Waals surface area contributed by atoms with Gasteiger partial charge in [-0.2, -0.15) is 0 Å². The highest BCUT2D eigenvalue weighted by Gasteiger charge is 2.19. The fourth-order valence-corrected chi connectivity index (χ4v) is 1.89. The number of nitrogens with one attached hydrogen (secondary N) is 1. The second-order valence-corrected chi connectivity index (χ2v) is 4.59. The van der Waals surface area contributed by atoms with Gasteiger partial charge in [-0.05, 0) is 25.5 Å². The van der Waals surface area contributed by atoms with Crippen molar-refractivity contribution in [3.05, 3.63) is 45.1 Å². The van der Waals surface area contributed by atoms with Crippen LogP contribution in [-0.4, -0.2) is 21.4 Å². The summed E-state index contributed by atoms with van der Waals surface area (Å²) < 4.78 is 0. The van der Waals surface area contributed by atoms with Gasteiger partial charge in [0.25, 0.3) is 0 Å². The van der Waals surface area contributed by atoms with Gasteiger partial charge in [0, 0.05) is 17.1 Å². The van der Waals surface area contributed by atoms with E-state index in [4.69, 9.17) is 11.6 Å². The van der Waals surface area contributed by atoms with Gasteiger partial charge in [-0.25, -0.2) is 9.97 Å². The number of nitrogens with zero attached hydrogens (tertiary/aromatic N) is 3. The van der Waals surface area contributed by atoms with E-state index >= 15 is 0 Å². The molecule has 1 aromatic heterocycles. The Bertz CT molecular complexity index is 661. The van der Waals surface area contributed by atoms with Crippen molar-refractivity contribution >= 4 is 23.2 Å². The van der Waals surface area contributed by atoms with Gasteiger partial charge in [0.15, 0.2) is 5.69 Å². The zero-order valence-corrected chi connectivity index (χ0v) is 11.8. The smallest absolute Gasteiger partial charge is 0.313 e. The minimum absolute atomic E-state index is 0.147. The van der Waals surface area contributed by atoms with Crippen LogP contribution in [0, 0.1) is 17.0 Å². The lowest BCUT2D eigenvalue weighted by molar-refractivity contribution is -0.384. The maximum atomic E-state index is 11.1. The summed E-state index contributed by atoms with van der Waals surface area (Å²) in [6, 6.07) is 5.23. The molecule has 0 radical (unpaired) electrons. The van der Waals surface area contributed by atoms with Crippen molar-refractivity contribution in [1.29, 1.82) is 0 Å². The van der Waals surface area contributed by atoms with Crippen molar-refractivity contribution in [3.63, 3.8) is 0 Å². The summed E-state index contributed by atoms with van der Waals surface area (Å²) in [6.07, 6.45) is 1.20. The Balaban J connectivity index is 2.59. The van der Waals surface area contributed by atoms with Gasteiger partial charge in [-0.3, -0.25) is 10.1 Å². The standard InChI is InChI=1S/C13H13ClN4O2/c1-3-15-13-16-7-11(18(19)20)12(17-13)9-5-4-8(2)10(14)6-9/h4-7H,3H2,1-2H3,(H,15,16,17). The Hall–Kier alpha value is -2.21. The van der Waals surface area contributed by atoms with Crippen LogP contribution in [0.15, 0.2) is 24.4 Å². The quantitative estimate of drug-likeness (QED) is 0.689. The predicted molar refractivity (Wildman–Crippen MR) is 78.0 cm³/mol. The second-order valence-electron chi connectivity index (χ2n) is 4.18. The molecule has 1 N–H and O–H groups in total. The minimum Gasteiger partial charge on any atom is -0.354 e. The molecule has 2 rings (SSSR count). The molecule has 0 unspecified atom stereocenters. The highest BCUT2D eigenvalue weighted by molar-refractivity contribution is 6.31. The molecular weight excluding hydrogens is 280 g/mol. The van der Waals surface area contributed by atoms with Crippen LogP contribution in [0.1, 0.15) is 12.5 Å². The SMILES string of the molecule is CCNc1ncc([N+](=O)[O-])c(-c2ccc(C)c(Cl)c2)n1. The summed E-state index contributed by atoms with van der Waals surface area (Å²) in [6.45, 7) is 4.39. The molecule has 0 atom stereocenters. The van der Waals surface area contributed by atoms with Crippen molar-refractivity contribution in [3.8, 4) is 11.3 Å². The summed E-state index contributed by atoms with van der Waals surface area (Å²) in [5, 5.41) is 14.6. The molecule has 0 amide bonds. The molecule has 0 spiro atoms. The van der Waals surface area contributed by atoms with Gasteiger partial charge < -0.3 is 5.32 Å². The van der Waals surface area contributed by atoms with Crippen LogP contribution in [0.5, 0.6) is 0 Å². The topological polar surface area (TPSA) is 81.0 Å². The Kier molecular flexibility index (Phi) is 4.14. The monoisotopic (exact) mass is 292 g/mol. The summed E-state index contributed by atoms with van der Waals surface area (Å²) in [5.41, 5.74) is 1.60. The first-order valence-electron chi connectivity index (χ1n) is 6.04. The fourth-order valence-electron chi connectivity index (χ4n) is 1.70. The van der Waals surface area contributed by atoms with E-state index in [1.807, 2.05) is 13.8 Å². The Morgan fingerprint density at radius 1 is 1.45 bits per heavy atom. The molecule has 1 aromatic carbocycles. The third-order valence-electron chi connectivity index (χ3n) is 2.75. The molecule has 0 fully saturated rings. The molecule has 0 aliphatic rings. The van der Waals surface area contributed by atoms with Crippen LogP contribution < -0.4 is 5.32 Å². The molecule has 0 aliphatic heterocycles. The number of anilines is 1. The summed E-state index contributed by atoms with van der Waals surface area (Å²) in [7, 11) is 0. The number of nitro groups is 1. The van der Waals surface area contributed by atoms with Crippen LogP contribution in [0.3, 0.4) is 0 Å². The highest BCUT2D eigenvalue weighted by Crippen LogP contribution is 2.30. The molecule has 104 valence electrons. The molecule has 2 aromatic rings. The molecule has 0 aliphatic carbocycles. The minimum atomic E-state index is -0.501. The normalized spacial score (nSPS) is 10.3. The number of rotatable bonds is 4. The van der Waals surface area contributed by atoms with Crippen molar-refractivity contribution in [2.24, 2.45) is 0 Å². The lowest BCUT2D eigenvalue weighted by Gasteiger charge is -2.07. The van der Waals surface area contributed by atoms with E-state index in [9.17, 15) is 10.1 Å². The van der Waals surface area contributed by atoms with Gasteiger partial charge in [0.2, 0.25) is 5.95 Å². The van der Waals surface area contributed by atoms with Crippen molar-refractivity contribution in [2.45, 2.75) is 13.8 Å². The number of benzene rings is 1. The lowest BCUT2D eigenvalue weighted by atomic mass is 10.1. The lowest BCUT2D eigenvalue weighted by Crippen LogP contribution is -2.05. The number of hydrogen-bond donors (Lipinski definition) is 1. The van der Waals surface area contributed by atoms with E-state index in [0.29, 0.717) is 23.1 Å². The van der Waals surface area contributed by atoms with Gasteiger partial charge in [-0.1, -0.05) is 23.7 Å². The number of halogens is 1. The van der Waals surface area contributed by atoms with Crippen LogP contribution in [0.2, 0.25) is 5.02 Å².